The number of rotatable bonds is 8. The van der Waals surface area contributed by atoms with Crippen LogP contribution < -0.4 is 4.18 Å². The van der Waals surface area contributed by atoms with Gasteiger partial charge in [0.05, 0.1) is 28.7 Å². The molecule has 2 aromatic rings. The Morgan fingerprint density at radius 2 is 1.97 bits per heavy atom. The van der Waals surface area contributed by atoms with E-state index in [1.165, 1.54) is 30.1 Å². The van der Waals surface area contributed by atoms with Crippen LogP contribution in [0.15, 0.2) is 23.2 Å². The minimum atomic E-state index is -3.89. The highest BCUT2D eigenvalue weighted by Crippen LogP contribution is 2.38. The molecule has 1 atom stereocenters. The van der Waals surface area contributed by atoms with Crippen LogP contribution in [0.2, 0.25) is 0 Å². The van der Waals surface area contributed by atoms with E-state index >= 15 is 0 Å². The van der Waals surface area contributed by atoms with E-state index in [-0.39, 0.29) is 33.4 Å². The number of benzene rings is 1. The molecule has 0 saturated heterocycles. The van der Waals surface area contributed by atoms with E-state index < -0.39 is 31.8 Å². The number of sulfone groups is 1. The highest BCUT2D eigenvalue weighted by molar-refractivity contribution is 7.91. The molecule has 2 heterocycles. The van der Waals surface area contributed by atoms with Crippen LogP contribution in [0.3, 0.4) is 0 Å². The van der Waals surface area contributed by atoms with Crippen molar-refractivity contribution in [3.05, 3.63) is 40.6 Å². The topological polar surface area (TPSA) is 122 Å². The molecule has 11 heteroatoms. The maximum atomic E-state index is 13.4. The summed E-state index contributed by atoms with van der Waals surface area (Å²) in [6.07, 6.45) is 1.47. The van der Waals surface area contributed by atoms with Gasteiger partial charge in [0.15, 0.2) is 15.6 Å². The summed E-state index contributed by atoms with van der Waals surface area (Å²) in [7, 11) is -5.86. The fourth-order valence-corrected chi connectivity index (χ4v) is 6.41. The summed E-state index contributed by atoms with van der Waals surface area (Å²) in [5.41, 5.74) is 1.18. The molecule has 1 unspecified atom stereocenters. The predicted molar refractivity (Wildman–Crippen MR) is 114 cm³/mol. The Morgan fingerprint density at radius 1 is 1.26 bits per heavy atom. The Morgan fingerprint density at radius 3 is 2.58 bits per heavy atom. The van der Waals surface area contributed by atoms with Crippen molar-refractivity contribution in [3.8, 4) is 5.88 Å². The largest absolute Gasteiger partial charge is 0.377 e. The first-order valence-corrected chi connectivity index (χ1v) is 13.2. The maximum absolute atomic E-state index is 13.4. The molecule has 0 spiro atoms. The molecule has 9 nitrogen and oxygen atoms in total. The molecule has 0 fully saturated rings. The van der Waals surface area contributed by atoms with Crippen molar-refractivity contribution >= 4 is 25.7 Å². The molecule has 0 radical (unpaired) electrons. The molecule has 1 aromatic carbocycles. The Labute approximate surface area is 182 Å². The average molecular weight is 471 g/mol. The summed E-state index contributed by atoms with van der Waals surface area (Å²) in [6.45, 7) is 5.43. The summed E-state index contributed by atoms with van der Waals surface area (Å²) in [5, 5.41) is 4.08. The van der Waals surface area contributed by atoms with E-state index in [4.69, 9.17) is 8.92 Å². The predicted octanol–water partition coefficient (Wildman–Crippen LogP) is 2.43. The quantitative estimate of drug-likeness (QED) is 0.426. The first-order chi connectivity index (χ1) is 14.6. The molecule has 0 amide bonds. The van der Waals surface area contributed by atoms with Gasteiger partial charge in [-0.1, -0.05) is 6.92 Å². The number of fused-ring (bicyclic) bond motifs is 1. The molecule has 3 rings (SSSR count). The highest BCUT2D eigenvalue weighted by atomic mass is 32.2. The highest BCUT2D eigenvalue weighted by Gasteiger charge is 2.34. The average Bonchev–Trinajstić information content (AvgIpc) is 3.09. The number of ketones is 1. The van der Waals surface area contributed by atoms with E-state index in [2.05, 4.69) is 5.10 Å². The second-order valence-corrected chi connectivity index (χ2v) is 11.1. The number of carbonyl (C=O) groups is 1. The summed E-state index contributed by atoms with van der Waals surface area (Å²) in [4.78, 5) is 13.5. The minimum absolute atomic E-state index is 0.00258. The van der Waals surface area contributed by atoms with Crippen molar-refractivity contribution in [2.45, 2.75) is 51.2 Å². The van der Waals surface area contributed by atoms with E-state index in [0.29, 0.717) is 30.5 Å². The lowest BCUT2D eigenvalue weighted by molar-refractivity contribution is 0.0952. The smallest absolute Gasteiger partial charge is 0.310 e. The van der Waals surface area contributed by atoms with Gasteiger partial charge in [0.2, 0.25) is 5.88 Å². The monoisotopic (exact) mass is 470 g/mol. The van der Waals surface area contributed by atoms with Crippen LogP contribution in [-0.4, -0.2) is 51.0 Å². The van der Waals surface area contributed by atoms with Gasteiger partial charge in [-0.3, -0.25) is 4.79 Å². The normalized spacial score (nSPS) is 17.9. The second kappa shape index (κ2) is 8.71. The number of aromatic nitrogens is 2. The molecule has 31 heavy (non-hydrogen) atoms. The zero-order valence-electron chi connectivity index (χ0n) is 17.9. The molecule has 1 aliphatic heterocycles. The molecule has 1 aliphatic rings. The minimum Gasteiger partial charge on any atom is -0.377 e. The molecular weight excluding hydrogens is 444 g/mol. The number of hydrogen-bond donors (Lipinski definition) is 0. The van der Waals surface area contributed by atoms with Crippen LogP contribution in [0.25, 0.3) is 0 Å². The van der Waals surface area contributed by atoms with E-state index in [0.717, 1.165) is 0 Å². The van der Waals surface area contributed by atoms with Crippen molar-refractivity contribution in [2.24, 2.45) is 0 Å². The van der Waals surface area contributed by atoms with Crippen LogP contribution in [0.5, 0.6) is 5.88 Å². The van der Waals surface area contributed by atoms with Gasteiger partial charge in [-0.25, -0.2) is 13.1 Å². The molecular formula is C20H26N2O7S2. The number of ether oxygens (including phenoxy) is 1. The fourth-order valence-electron chi connectivity index (χ4n) is 3.77. The maximum Gasteiger partial charge on any atom is 0.310 e. The Kier molecular flexibility index (Phi) is 6.59. The number of aryl methyl sites for hydroxylation is 1. The van der Waals surface area contributed by atoms with E-state index in [9.17, 15) is 21.6 Å². The van der Waals surface area contributed by atoms with Gasteiger partial charge < -0.3 is 8.92 Å². The first-order valence-electron chi connectivity index (χ1n) is 9.98. The first kappa shape index (κ1) is 23.4. The van der Waals surface area contributed by atoms with Gasteiger partial charge in [0, 0.05) is 24.8 Å². The lowest BCUT2D eigenvalue weighted by Crippen LogP contribution is -2.23. The SMILES string of the molecule is CCCS(=O)(=O)Oc1c(C(=O)c2ccc3c(c2C)C(OC)CCS3(=O)=O)cnn1CC. The third kappa shape index (κ3) is 4.39. The molecule has 0 saturated carbocycles. The Hall–Kier alpha value is -2.24. The fraction of sp³-hybridized carbons (Fsp3) is 0.500. The van der Waals surface area contributed by atoms with E-state index in [1.807, 2.05) is 0 Å². The summed E-state index contributed by atoms with van der Waals surface area (Å²) in [5.74, 6) is -0.865. The lowest BCUT2D eigenvalue weighted by Gasteiger charge is -2.27. The van der Waals surface area contributed by atoms with Crippen molar-refractivity contribution in [1.82, 2.24) is 9.78 Å². The van der Waals surface area contributed by atoms with Crippen LogP contribution in [0, 0.1) is 6.92 Å². The van der Waals surface area contributed by atoms with Crippen molar-refractivity contribution in [2.75, 3.05) is 18.6 Å². The molecule has 0 bridgehead atoms. The van der Waals surface area contributed by atoms with Gasteiger partial charge >= 0.3 is 10.1 Å². The summed E-state index contributed by atoms with van der Waals surface area (Å²) >= 11 is 0. The van der Waals surface area contributed by atoms with Crippen LogP contribution in [0.4, 0.5) is 0 Å². The van der Waals surface area contributed by atoms with E-state index in [1.54, 1.807) is 20.8 Å². The van der Waals surface area contributed by atoms with Crippen molar-refractivity contribution < 1.29 is 30.6 Å². The number of nitrogens with zero attached hydrogens (tertiary/aromatic N) is 2. The lowest BCUT2D eigenvalue weighted by atomic mass is 9.93. The van der Waals surface area contributed by atoms with Gasteiger partial charge in [-0.15, -0.1) is 0 Å². The van der Waals surface area contributed by atoms with Crippen molar-refractivity contribution in [3.63, 3.8) is 0 Å². The van der Waals surface area contributed by atoms with Gasteiger partial charge in [0.25, 0.3) is 0 Å². The summed E-state index contributed by atoms with van der Waals surface area (Å²) < 4.78 is 61.5. The standard InChI is InChI=1S/C20H26N2O7S2/c1-5-10-31(26,27)29-20-15(12-21-22(20)6-2)19(23)14-7-8-17-18(13(14)3)16(28-4)9-11-30(17,24)25/h7-8,12,16H,5-6,9-11H2,1-4H3. The second-order valence-electron chi connectivity index (χ2n) is 7.34. The Bertz CT molecular complexity index is 1210. The molecule has 0 N–H and O–H groups in total. The third-order valence-corrected chi connectivity index (χ3v) is 8.42. The number of methoxy groups -OCH3 is 1. The van der Waals surface area contributed by atoms with Crippen LogP contribution in [-0.2, 0) is 31.2 Å². The summed E-state index contributed by atoms with van der Waals surface area (Å²) in [6, 6.07) is 2.86. The molecule has 0 aliphatic carbocycles. The number of carbonyl (C=O) groups excluding carboxylic acids is 1. The van der Waals surface area contributed by atoms with Gasteiger partial charge in [-0.2, -0.15) is 13.5 Å². The zero-order valence-corrected chi connectivity index (χ0v) is 19.5. The van der Waals surface area contributed by atoms with Gasteiger partial charge in [-0.05, 0) is 44.4 Å². The van der Waals surface area contributed by atoms with Gasteiger partial charge in [0.1, 0.15) is 5.56 Å². The zero-order chi connectivity index (χ0) is 23.0. The third-order valence-electron chi connectivity index (χ3n) is 5.31. The van der Waals surface area contributed by atoms with Crippen molar-refractivity contribution in [1.29, 1.82) is 0 Å². The van der Waals surface area contributed by atoms with Crippen LogP contribution >= 0.6 is 0 Å². The van der Waals surface area contributed by atoms with Crippen LogP contribution in [0.1, 0.15) is 59.8 Å². The Balaban J connectivity index is 2.12. The number of hydrogen-bond acceptors (Lipinski definition) is 8. The molecule has 170 valence electrons. The molecule has 1 aromatic heterocycles.